The van der Waals surface area contributed by atoms with E-state index in [1.54, 1.807) is 0 Å². The Kier molecular flexibility index (Phi) is 3.40. The number of hydrogen-bond acceptors (Lipinski definition) is 2. The van der Waals surface area contributed by atoms with E-state index >= 15 is 0 Å². The molecule has 0 radical (unpaired) electrons. The Labute approximate surface area is 126 Å². The van der Waals surface area contributed by atoms with E-state index in [1.807, 2.05) is 62.4 Å². The maximum Gasteiger partial charge on any atom is 0.164 e. The third-order valence-corrected chi connectivity index (χ3v) is 7.17. The highest BCUT2D eigenvalue weighted by molar-refractivity contribution is 7.92. The molecular weight excluding hydrogens is 280 g/mol. The van der Waals surface area contributed by atoms with Crippen molar-refractivity contribution < 1.29 is 8.42 Å². The fourth-order valence-corrected chi connectivity index (χ4v) is 6.10. The third-order valence-electron chi connectivity index (χ3n) is 4.63. The average molecular weight is 300 g/mol. The Morgan fingerprint density at radius 1 is 0.857 bits per heavy atom. The van der Waals surface area contributed by atoms with Crippen molar-refractivity contribution in [3.63, 3.8) is 0 Å². The van der Waals surface area contributed by atoms with Gasteiger partial charge in [0.15, 0.2) is 9.84 Å². The fourth-order valence-electron chi connectivity index (χ4n) is 3.64. The van der Waals surface area contributed by atoms with E-state index < -0.39 is 14.6 Å². The van der Waals surface area contributed by atoms with E-state index in [1.165, 1.54) is 0 Å². The molecule has 1 aliphatic rings. The van der Waals surface area contributed by atoms with Crippen molar-refractivity contribution in [3.05, 3.63) is 70.8 Å². The van der Waals surface area contributed by atoms with Gasteiger partial charge in [0.1, 0.15) is 4.75 Å². The molecule has 3 heteroatoms. The molecule has 2 aromatic rings. The Hall–Kier alpha value is -1.61. The molecule has 3 rings (SSSR count). The van der Waals surface area contributed by atoms with Crippen LogP contribution in [0.5, 0.6) is 0 Å². The topological polar surface area (TPSA) is 34.1 Å². The van der Waals surface area contributed by atoms with Crippen molar-refractivity contribution in [2.75, 3.05) is 5.75 Å². The first kappa shape index (κ1) is 14.3. The second-order valence-electron chi connectivity index (χ2n) is 5.88. The molecule has 0 aromatic heterocycles. The van der Waals surface area contributed by atoms with Crippen molar-refractivity contribution in [2.45, 2.75) is 31.4 Å². The number of sulfone groups is 1. The first-order valence-electron chi connectivity index (χ1n) is 7.33. The summed E-state index contributed by atoms with van der Waals surface area (Å²) in [7, 11) is -3.20. The Balaban J connectivity index is 2.39. The quantitative estimate of drug-likeness (QED) is 0.846. The van der Waals surface area contributed by atoms with Crippen LogP contribution in [0.4, 0.5) is 0 Å². The van der Waals surface area contributed by atoms with Crippen molar-refractivity contribution in [2.24, 2.45) is 0 Å². The minimum atomic E-state index is -3.20. The van der Waals surface area contributed by atoms with Crippen LogP contribution in [-0.2, 0) is 14.6 Å². The molecular formula is C18H20O2S. The Morgan fingerprint density at radius 3 is 1.71 bits per heavy atom. The molecule has 1 aliphatic heterocycles. The second kappa shape index (κ2) is 4.99. The predicted molar refractivity (Wildman–Crippen MR) is 86.2 cm³/mol. The summed E-state index contributed by atoms with van der Waals surface area (Å²) in [6.07, 6.45) is 1.40. The maximum atomic E-state index is 13.0. The first-order chi connectivity index (χ1) is 9.99. The molecule has 0 N–H and O–H groups in total. The van der Waals surface area contributed by atoms with Gasteiger partial charge in [-0.05, 0) is 48.9 Å². The van der Waals surface area contributed by atoms with Crippen LogP contribution in [0.3, 0.4) is 0 Å². The van der Waals surface area contributed by atoms with Crippen LogP contribution in [0, 0.1) is 13.8 Å². The van der Waals surface area contributed by atoms with Gasteiger partial charge in [0, 0.05) is 0 Å². The van der Waals surface area contributed by atoms with Crippen LogP contribution >= 0.6 is 0 Å². The van der Waals surface area contributed by atoms with E-state index in [-0.39, 0.29) is 5.75 Å². The zero-order chi connectivity index (χ0) is 15.1. The van der Waals surface area contributed by atoms with Crippen LogP contribution in [-0.4, -0.2) is 14.2 Å². The molecule has 0 unspecified atom stereocenters. The lowest BCUT2D eigenvalue weighted by Crippen LogP contribution is -2.34. The molecule has 0 saturated carbocycles. The van der Waals surface area contributed by atoms with Gasteiger partial charge in [0.05, 0.1) is 5.75 Å². The van der Waals surface area contributed by atoms with Crippen molar-refractivity contribution in [1.82, 2.24) is 0 Å². The van der Waals surface area contributed by atoms with Crippen molar-refractivity contribution >= 4 is 9.84 Å². The summed E-state index contributed by atoms with van der Waals surface area (Å²) >= 11 is 0. The normalized spacial score (nSPS) is 19.5. The van der Waals surface area contributed by atoms with Gasteiger partial charge in [-0.15, -0.1) is 0 Å². The highest BCUT2D eigenvalue weighted by atomic mass is 32.2. The molecule has 0 aliphatic carbocycles. The van der Waals surface area contributed by atoms with Crippen LogP contribution in [0.1, 0.15) is 35.1 Å². The van der Waals surface area contributed by atoms with Gasteiger partial charge in [0.25, 0.3) is 0 Å². The summed E-state index contributed by atoms with van der Waals surface area (Å²) in [5.74, 6) is 0.273. The summed E-state index contributed by atoms with van der Waals surface area (Å²) in [5.41, 5.74) is 3.98. The summed E-state index contributed by atoms with van der Waals surface area (Å²) in [4.78, 5) is 0. The highest BCUT2D eigenvalue weighted by Crippen LogP contribution is 2.48. The van der Waals surface area contributed by atoms with E-state index in [2.05, 4.69) is 0 Å². The SMILES string of the molecule is Cc1ccccc1C1(c2ccccc2C)CCCS1(=O)=O. The van der Waals surface area contributed by atoms with E-state index in [0.717, 1.165) is 28.7 Å². The van der Waals surface area contributed by atoms with E-state index in [4.69, 9.17) is 0 Å². The minimum Gasteiger partial charge on any atom is -0.228 e. The second-order valence-corrected chi connectivity index (χ2v) is 8.21. The zero-order valence-corrected chi connectivity index (χ0v) is 13.3. The zero-order valence-electron chi connectivity index (χ0n) is 12.5. The van der Waals surface area contributed by atoms with Gasteiger partial charge in [-0.3, -0.25) is 0 Å². The number of benzene rings is 2. The van der Waals surface area contributed by atoms with Crippen molar-refractivity contribution in [1.29, 1.82) is 0 Å². The Bertz CT molecular complexity index is 730. The summed E-state index contributed by atoms with van der Waals surface area (Å²) in [5, 5.41) is 0. The molecule has 0 bridgehead atoms. The maximum absolute atomic E-state index is 13.0. The average Bonchev–Trinajstić information content (AvgIpc) is 2.76. The standard InChI is InChI=1S/C18H20O2S/c1-14-8-3-5-10-16(14)18(12-7-13-21(18,19)20)17-11-6-4-9-15(17)2/h3-6,8-11H,7,12-13H2,1-2H3. The summed E-state index contributed by atoms with van der Waals surface area (Å²) < 4.78 is 25.1. The molecule has 0 amide bonds. The van der Waals surface area contributed by atoms with Gasteiger partial charge in [-0.25, -0.2) is 8.42 Å². The lowest BCUT2D eigenvalue weighted by Gasteiger charge is -2.32. The van der Waals surface area contributed by atoms with Crippen molar-refractivity contribution in [3.8, 4) is 0 Å². The lowest BCUT2D eigenvalue weighted by molar-refractivity contribution is 0.563. The van der Waals surface area contributed by atoms with Gasteiger partial charge in [0.2, 0.25) is 0 Å². The lowest BCUT2D eigenvalue weighted by atomic mass is 9.82. The molecule has 2 aromatic carbocycles. The number of rotatable bonds is 2. The minimum absolute atomic E-state index is 0.273. The molecule has 1 saturated heterocycles. The van der Waals surface area contributed by atoms with E-state index in [9.17, 15) is 8.42 Å². The highest BCUT2D eigenvalue weighted by Gasteiger charge is 2.51. The van der Waals surface area contributed by atoms with Crippen LogP contribution in [0.15, 0.2) is 48.5 Å². The summed E-state index contributed by atoms with van der Waals surface area (Å²) in [6.45, 7) is 4.01. The van der Waals surface area contributed by atoms with Crippen LogP contribution < -0.4 is 0 Å². The van der Waals surface area contributed by atoms with Crippen LogP contribution in [0.2, 0.25) is 0 Å². The molecule has 110 valence electrons. The van der Waals surface area contributed by atoms with Crippen LogP contribution in [0.25, 0.3) is 0 Å². The summed E-state index contributed by atoms with van der Waals surface area (Å²) in [6, 6.07) is 15.8. The Morgan fingerprint density at radius 2 is 1.33 bits per heavy atom. The first-order valence-corrected chi connectivity index (χ1v) is 8.99. The molecule has 2 nitrogen and oxygen atoms in total. The smallest absolute Gasteiger partial charge is 0.164 e. The van der Waals surface area contributed by atoms with Gasteiger partial charge in [-0.1, -0.05) is 48.5 Å². The molecule has 0 atom stereocenters. The monoisotopic (exact) mass is 300 g/mol. The molecule has 1 heterocycles. The molecule has 0 spiro atoms. The van der Waals surface area contributed by atoms with E-state index in [0.29, 0.717) is 6.42 Å². The largest absolute Gasteiger partial charge is 0.228 e. The van der Waals surface area contributed by atoms with Gasteiger partial charge < -0.3 is 0 Å². The molecule has 21 heavy (non-hydrogen) atoms. The number of aryl methyl sites for hydroxylation is 2. The predicted octanol–water partition coefficient (Wildman–Crippen LogP) is 3.76. The van der Waals surface area contributed by atoms with Gasteiger partial charge >= 0.3 is 0 Å². The number of hydrogen-bond donors (Lipinski definition) is 0. The molecule has 1 fully saturated rings. The van der Waals surface area contributed by atoms with Gasteiger partial charge in [-0.2, -0.15) is 0 Å². The third kappa shape index (κ3) is 2.03. The fraction of sp³-hybridized carbons (Fsp3) is 0.333.